The minimum Gasteiger partial charge on any atom is -1.00 e. The molecule has 0 saturated heterocycles. The number of quaternary nitrogens is 1. The predicted octanol–water partition coefficient (Wildman–Crippen LogP) is -0.448. The van der Waals surface area contributed by atoms with Gasteiger partial charge in [0.05, 0.1) is 0 Å². The molecule has 0 fully saturated rings. The lowest BCUT2D eigenvalue weighted by atomic mass is 10.00. The molecule has 0 saturated carbocycles. The number of benzene rings is 3. The summed E-state index contributed by atoms with van der Waals surface area (Å²) in [5, 5.41) is 13.0. The van der Waals surface area contributed by atoms with Crippen molar-refractivity contribution in [3.8, 4) is 0 Å². The van der Waals surface area contributed by atoms with Gasteiger partial charge >= 0.3 is 10.0 Å². The van der Waals surface area contributed by atoms with Crippen LogP contribution in [-0.2, 0) is 10.0 Å². The summed E-state index contributed by atoms with van der Waals surface area (Å²) in [7, 11) is -4.07. The van der Waals surface area contributed by atoms with Gasteiger partial charge in [-0.25, -0.2) is 0 Å². The van der Waals surface area contributed by atoms with Gasteiger partial charge in [-0.05, 0) is 12.1 Å². The quantitative estimate of drug-likeness (QED) is 0.615. The van der Waals surface area contributed by atoms with E-state index in [2.05, 4.69) is 0 Å². The van der Waals surface area contributed by atoms with Crippen molar-refractivity contribution in [3.05, 3.63) is 107 Å². The Kier molecular flexibility index (Phi) is 6.33. The Morgan fingerprint density at radius 1 is 0.680 bits per heavy atom. The molecule has 3 aromatic carbocycles. The van der Waals surface area contributed by atoms with Crippen LogP contribution in [-0.4, -0.2) is 8.42 Å². The maximum absolute atomic E-state index is 13.0. The summed E-state index contributed by atoms with van der Waals surface area (Å²) in [6.07, 6.45) is 0. The van der Waals surface area contributed by atoms with E-state index in [1.807, 2.05) is 12.1 Å². The van der Waals surface area contributed by atoms with Gasteiger partial charge in [0.1, 0.15) is 4.90 Å². The lowest BCUT2D eigenvalue weighted by Gasteiger charge is -2.30. The molecule has 0 radical (unpaired) electrons. The van der Waals surface area contributed by atoms with E-state index in [-0.39, 0.29) is 17.3 Å². The third kappa shape index (κ3) is 4.08. The van der Waals surface area contributed by atoms with Gasteiger partial charge in [0.2, 0.25) is 0 Å². The zero-order chi connectivity index (χ0) is 17.0. The number of hydrogen-bond acceptors (Lipinski definition) is 3. The highest BCUT2D eigenvalue weighted by Gasteiger charge is 2.31. The fraction of sp³-hybridized carbons (Fsp3) is 0.0526. The molecular weight excluding hydrogens is 358 g/mol. The van der Waals surface area contributed by atoms with Crippen molar-refractivity contribution in [1.82, 2.24) is 0 Å². The molecule has 0 aromatic heterocycles. The van der Waals surface area contributed by atoms with E-state index in [1.54, 1.807) is 66.7 Å². The van der Waals surface area contributed by atoms with Crippen molar-refractivity contribution in [2.75, 3.05) is 0 Å². The van der Waals surface area contributed by atoms with Gasteiger partial charge in [-0.15, -0.1) is 0 Å². The summed E-state index contributed by atoms with van der Waals surface area (Å²) < 4.78 is 24.7. The predicted molar refractivity (Wildman–Crippen MR) is 92.7 cm³/mol. The van der Waals surface area contributed by atoms with Crippen LogP contribution in [0.15, 0.2) is 95.9 Å². The third-order valence-corrected chi connectivity index (χ3v) is 5.48. The van der Waals surface area contributed by atoms with Gasteiger partial charge in [0.15, 0.2) is 6.04 Å². The number of hydrogen-bond donors (Lipinski definition) is 1. The van der Waals surface area contributed by atoms with Crippen molar-refractivity contribution in [2.24, 2.45) is 0 Å². The molecule has 130 valence electrons. The Bertz CT molecular complexity index is 848. The Labute approximate surface area is 153 Å². The Hall–Kier alpha value is -2.18. The number of hydroxylamine groups is 1. The molecule has 1 unspecified atom stereocenters. The Morgan fingerprint density at radius 3 is 1.44 bits per heavy atom. The Morgan fingerprint density at radius 2 is 1.04 bits per heavy atom. The van der Waals surface area contributed by atoms with Crippen LogP contribution in [0.3, 0.4) is 0 Å². The first-order valence-electron chi connectivity index (χ1n) is 7.54. The first kappa shape index (κ1) is 19.1. The van der Waals surface area contributed by atoms with Gasteiger partial charge in [0, 0.05) is 11.1 Å². The molecule has 1 atom stereocenters. The van der Waals surface area contributed by atoms with Gasteiger partial charge in [0.25, 0.3) is 0 Å². The number of rotatable bonds is 5. The molecule has 0 spiro atoms. The smallest absolute Gasteiger partial charge is 0.326 e. The zero-order valence-electron chi connectivity index (χ0n) is 13.2. The molecular formula is C19H17ClNO3S-. The highest BCUT2D eigenvalue weighted by Crippen LogP contribution is 2.20. The molecule has 4 nitrogen and oxygen atoms in total. The fourth-order valence-corrected chi connectivity index (χ4v) is 3.96. The highest BCUT2D eigenvalue weighted by molar-refractivity contribution is 7.85. The Balaban J connectivity index is 0.00000225. The molecule has 3 rings (SSSR count). The monoisotopic (exact) mass is 374 g/mol. The minimum absolute atomic E-state index is 0. The normalized spacial score (nSPS) is 12.4. The average Bonchev–Trinajstić information content (AvgIpc) is 2.64. The van der Waals surface area contributed by atoms with Crippen molar-refractivity contribution < 1.29 is 25.3 Å². The van der Waals surface area contributed by atoms with E-state index in [0.29, 0.717) is 11.1 Å². The topological polar surface area (TPSA) is 61.6 Å². The molecule has 0 heterocycles. The van der Waals surface area contributed by atoms with Crippen molar-refractivity contribution >= 4 is 10.0 Å². The molecule has 6 heteroatoms. The lowest BCUT2D eigenvalue weighted by Crippen LogP contribution is -3.09. The molecule has 3 aromatic rings. The summed E-state index contributed by atoms with van der Waals surface area (Å²) >= 11 is 0. The van der Waals surface area contributed by atoms with E-state index in [9.17, 15) is 13.6 Å². The number of nitrogens with one attached hydrogen (secondary N) is 1. The second-order valence-corrected chi connectivity index (χ2v) is 7.27. The largest absolute Gasteiger partial charge is 1.00 e. The molecule has 1 N–H and O–H groups in total. The maximum Gasteiger partial charge on any atom is 0.326 e. The van der Waals surface area contributed by atoms with E-state index in [0.717, 1.165) is 0 Å². The summed E-state index contributed by atoms with van der Waals surface area (Å²) in [6.45, 7) is 0. The molecule has 0 aliphatic rings. The van der Waals surface area contributed by atoms with E-state index >= 15 is 0 Å². The average molecular weight is 375 g/mol. The first-order chi connectivity index (χ1) is 11.6. The van der Waals surface area contributed by atoms with Crippen LogP contribution in [0.2, 0.25) is 0 Å². The number of sulfonamides is 1. The summed E-state index contributed by atoms with van der Waals surface area (Å²) in [6, 6.07) is 24.9. The zero-order valence-corrected chi connectivity index (χ0v) is 14.8. The van der Waals surface area contributed by atoms with Crippen LogP contribution in [0.1, 0.15) is 17.2 Å². The summed E-state index contributed by atoms with van der Waals surface area (Å²) in [4.78, 5) is 0.0202. The van der Waals surface area contributed by atoms with Crippen LogP contribution < -0.4 is 16.9 Å². The van der Waals surface area contributed by atoms with Crippen molar-refractivity contribution in [1.29, 1.82) is 0 Å². The molecule has 0 aliphatic heterocycles. The summed E-state index contributed by atoms with van der Waals surface area (Å²) in [5.74, 6) is 0. The van der Waals surface area contributed by atoms with Crippen molar-refractivity contribution in [3.63, 3.8) is 0 Å². The SMILES string of the molecule is O=S(=O)(c1ccccc1)[NH+]([O-])C(c1ccccc1)c1ccccc1.[Cl-]. The van der Waals surface area contributed by atoms with E-state index in [1.165, 1.54) is 12.1 Å². The second-order valence-electron chi connectivity index (χ2n) is 5.39. The molecule has 0 aliphatic carbocycles. The van der Waals surface area contributed by atoms with Crippen LogP contribution in [0.4, 0.5) is 0 Å². The van der Waals surface area contributed by atoms with E-state index in [4.69, 9.17) is 0 Å². The highest BCUT2D eigenvalue weighted by atomic mass is 35.5. The fourth-order valence-electron chi connectivity index (χ4n) is 2.63. The van der Waals surface area contributed by atoms with Crippen LogP contribution in [0, 0.1) is 5.21 Å². The minimum atomic E-state index is -4.07. The molecule has 0 amide bonds. The van der Waals surface area contributed by atoms with Crippen LogP contribution >= 0.6 is 0 Å². The second kappa shape index (κ2) is 8.27. The van der Waals surface area contributed by atoms with Gasteiger partial charge in [-0.2, -0.15) is 8.42 Å². The van der Waals surface area contributed by atoms with Gasteiger partial charge in [-0.3, -0.25) is 4.47 Å². The lowest BCUT2D eigenvalue weighted by molar-refractivity contribution is -0.739. The first-order valence-corrected chi connectivity index (χ1v) is 9.03. The maximum atomic E-state index is 13.0. The van der Waals surface area contributed by atoms with Crippen LogP contribution in [0.25, 0.3) is 0 Å². The molecule has 25 heavy (non-hydrogen) atoms. The third-order valence-electron chi connectivity index (χ3n) is 3.82. The van der Waals surface area contributed by atoms with Crippen LogP contribution in [0.5, 0.6) is 0 Å². The van der Waals surface area contributed by atoms with Crippen molar-refractivity contribution in [2.45, 2.75) is 10.9 Å². The van der Waals surface area contributed by atoms with Gasteiger partial charge in [-0.1, -0.05) is 78.9 Å². The van der Waals surface area contributed by atoms with E-state index < -0.39 is 20.5 Å². The number of halogens is 1. The van der Waals surface area contributed by atoms with Gasteiger partial charge < -0.3 is 17.6 Å². The molecule has 0 bridgehead atoms. The standard InChI is InChI=1S/C19H17NO3S.ClH/c21-20(24(22,23)18-14-8-3-9-15-18)19(16-10-4-1-5-11-16)17-12-6-2-7-13-17;/h1-15,19-20H;1H/p-1. The summed E-state index contributed by atoms with van der Waals surface area (Å²) in [5.41, 5.74) is 1.32.